The lowest BCUT2D eigenvalue weighted by Crippen LogP contribution is -2.33. The number of amides is 1. The predicted molar refractivity (Wildman–Crippen MR) is 160 cm³/mol. The molecule has 9 nitrogen and oxygen atoms in total. The number of hydrogen-bond donors (Lipinski definition) is 3. The minimum absolute atomic E-state index is 0.0882. The first kappa shape index (κ1) is 29.7. The molecule has 214 valence electrons. The summed E-state index contributed by atoms with van der Waals surface area (Å²) < 4.78 is 11.9. The Kier molecular flexibility index (Phi) is 10.6. The zero-order chi connectivity index (χ0) is 28.5. The third-order valence-corrected chi connectivity index (χ3v) is 7.35. The van der Waals surface area contributed by atoms with Crippen LogP contribution in [0.5, 0.6) is 11.5 Å². The molecule has 1 saturated heterocycles. The second-order valence-electron chi connectivity index (χ2n) is 10.5. The van der Waals surface area contributed by atoms with Gasteiger partial charge in [0.1, 0.15) is 17.4 Å². The van der Waals surface area contributed by atoms with Crippen molar-refractivity contribution in [1.29, 1.82) is 5.26 Å². The van der Waals surface area contributed by atoms with E-state index < -0.39 is 12.0 Å². The van der Waals surface area contributed by atoms with Crippen molar-refractivity contribution in [2.45, 2.75) is 38.6 Å². The Balaban J connectivity index is 1.53. The molecule has 0 bridgehead atoms. The Morgan fingerprint density at radius 3 is 2.80 bits per heavy atom. The van der Waals surface area contributed by atoms with E-state index in [1.807, 2.05) is 56.3 Å². The van der Waals surface area contributed by atoms with Crippen LogP contribution in [0.2, 0.25) is 5.02 Å². The van der Waals surface area contributed by atoms with Crippen molar-refractivity contribution in [3.63, 3.8) is 0 Å². The molecule has 1 amide bonds. The summed E-state index contributed by atoms with van der Waals surface area (Å²) in [5, 5.41) is 20.3. The van der Waals surface area contributed by atoms with E-state index >= 15 is 0 Å². The minimum Gasteiger partial charge on any atom is -0.492 e. The number of nitriles is 1. The molecule has 2 aliphatic heterocycles. The molecule has 0 spiro atoms. The molecule has 0 aliphatic carbocycles. The largest absolute Gasteiger partial charge is 0.492 e. The van der Waals surface area contributed by atoms with E-state index in [2.05, 4.69) is 27.0 Å². The van der Waals surface area contributed by atoms with Crippen molar-refractivity contribution in [2.24, 2.45) is 16.8 Å². The van der Waals surface area contributed by atoms with Crippen LogP contribution in [0.1, 0.15) is 44.2 Å². The summed E-state index contributed by atoms with van der Waals surface area (Å²) in [7, 11) is 3.97. The maximum atomic E-state index is 12.7. The monoisotopic (exact) mass is 566 g/mol. The fourth-order valence-corrected chi connectivity index (χ4v) is 5.20. The first-order chi connectivity index (χ1) is 19.4. The molecule has 2 heterocycles. The van der Waals surface area contributed by atoms with Crippen LogP contribution in [-0.2, 0) is 4.79 Å². The van der Waals surface area contributed by atoms with E-state index in [-0.39, 0.29) is 5.91 Å². The number of halogens is 1. The Labute approximate surface area is 241 Å². The summed E-state index contributed by atoms with van der Waals surface area (Å²) in [4.78, 5) is 19.3. The SMILES string of the molecule is CCOc1cc2c(cc1NC(=O)CCCN(C)C)C(Nc1ccc(OCC3CCCNC3)c(Cl)c1)C(C#N)C=N2. The quantitative estimate of drug-likeness (QED) is 0.315. The number of carbonyl (C=O) groups is 1. The van der Waals surface area contributed by atoms with E-state index in [1.54, 1.807) is 6.21 Å². The van der Waals surface area contributed by atoms with Crippen LogP contribution >= 0.6 is 11.6 Å². The molecule has 2 aromatic rings. The highest BCUT2D eigenvalue weighted by atomic mass is 35.5. The second-order valence-corrected chi connectivity index (χ2v) is 10.9. The maximum absolute atomic E-state index is 12.7. The number of anilines is 2. The number of carbonyl (C=O) groups excluding carboxylic acids is 1. The van der Waals surface area contributed by atoms with Crippen LogP contribution in [0.3, 0.4) is 0 Å². The Hall–Kier alpha value is -3.32. The molecule has 2 aromatic carbocycles. The average molecular weight is 567 g/mol. The van der Waals surface area contributed by atoms with Gasteiger partial charge in [0.05, 0.1) is 41.7 Å². The van der Waals surface area contributed by atoms with E-state index in [4.69, 9.17) is 21.1 Å². The van der Waals surface area contributed by atoms with Gasteiger partial charge in [0.2, 0.25) is 5.91 Å². The molecule has 3 unspecified atom stereocenters. The first-order valence-corrected chi connectivity index (χ1v) is 14.3. The van der Waals surface area contributed by atoms with Gasteiger partial charge in [0, 0.05) is 42.4 Å². The number of piperidine rings is 1. The Morgan fingerprint density at radius 1 is 1.25 bits per heavy atom. The van der Waals surface area contributed by atoms with Crippen LogP contribution in [0.25, 0.3) is 0 Å². The zero-order valence-corrected chi connectivity index (χ0v) is 24.3. The zero-order valence-electron chi connectivity index (χ0n) is 23.5. The number of fused-ring (bicyclic) bond motifs is 1. The van der Waals surface area contributed by atoms with Gasteiger partial charge in [-0.3, -0.25) is 9.79 Å². The highest BCUT2D eigenvalue weighted by molar-refractivity contribution is 6.32. The maximum Gasteiger partial charge on any atom is 0.224 e. The van der Waals surface area contributed by atoms with Crippen LogP contribution < -0.4 is 25.4 Å². The van der Waals surface area contributed by atoms with Crippen molar-refractivity contribution in [3.05, 3.63) is 40.9 Å². The first-order valence-electron chi connectivity index (χ1n) is 14.0. The van der Waals surface area contributed by atoms with Crippen molar-refractivity contribution < 1.29 is 14.3 Å². The van der Waals surface area contributed by atoms with Crippen molar-refractivity contribution in [3.8, 4) is 17.6 Å². The third-order valence-electron chi connectivity index (χ3n) is 7.06. The normalized spacial score (nSPS) is 19.9. The van der Waals surface area contributed by atoms with Crippen molar-refractivity contribution in [1.82, 2.24) is 10.2 Å². The van der Waals surface area contributed by atoms with Gasteiger partial charge in [-0.1, -0.05) is 11.6 Å². The molecule has 0 radical (unpaired) electrons. The van der Waals surface area contributed by atoms with Gasteiger partial charge in [-0.25, -0.2) is 0 Å². The summed E-state index contributed by atoms with van der Waals surface area (Å²) in [6.45, 7) is 5.80. The molecular formula is C30H39ClN6O3. The van der Waals surface area contributed by atoms with Gasteiger partial charge in [0.15, 0.2) is 0 Å². The standard InChI is InChI=1S/C30H39ClN6O3/c1-4-39-28-15-25-23(14-26(28)36-29(38)8-6-12-37(2)3)30(21(16-32)18-34-25)35-22-9-10-27(24(31)13-22)40-19-20-7-5-11-33-17-20/h9-10,13-15,18,20-21,30,33,35H,4-8,11-12,17,19H2,1-3H3,(H,36,38). The molecule has 2 aliphatic rings. The summed E-state index contributed by atoms with van der Waals surface area (Å²) in [5.74, 6) is 1.05. The van der Waals surface area contributed by atoms with Gasteiger partial charge >= 0.3 is 0 Å². The lowest BCUT2D eigenvalue weighted by molar-refractivity contribution is -0.116. The third kappa shape index (κ3) is 7.87. The molecule has 3 atom stereocenters. The van der Waals surface area contributed by atoms with E-state index in [0.29, 0.717) is 53.4 Å². The van der Waals surface area contributed by atoms with Crippen molar-refractivity contribution in [2.75, 3.05) is 57.6 Å². The number of benzene rings is 2. The number of nitrogens with one attached hydrogen (secondary N) is 3. The number of nitrogens with zero attached hydrogens (tertiary/aromatic N) is 3. The minimum atomic E-state index is -0.525. The van der Waals surface area contributed by atoms with E-state index in [0.717, 1.165) is 50.1 Å². The fourth-order valence-electron chi connectivity index (χ4n) is 4.96. The average Bonchev–Trinajstić information content (AvgIpc) is 2.94. The van der Waals surface area contributed by atoms with Gasteiger partial charge in [-0.05, 0) is 77.6 Å². The van der Waals surface area contributed by atoms with Crippen molar-refractivity contribution >= 4 is 40.8 Å². The van der Waals surface area contributed by atoms with E-state index in [9.17, 15) is 10.1 Å². The Morgan fingerprint density at radius 2 is 2.10 bits per heavy atom. The summed E-state index contributed by atoms with van der Waals surface area (Å²) in [6, 6.07) is 11.2. The van der Waals surface area contributed by atoms with Gasteiger partial charge in [-0.2, -0.15) is 5.26 Å². The molecule has 1 fully saturated rings. The number of aliphatic imine (C=N–C) groups is 1. The smallest absolute Gasteiger partial charge is 0.224 e. The number of hydrogen-bond acceptors (Lipinski definition) is 8. The predicted octanol–water partition coefficient (Wildman–Crippen LogP) is 5.41. The molecular weight excluding hydrogens is 528 g/mol. The molecule has 10 heteroatoms. The van der Waals surface area contributed by atoms with Crippen LogP contribution in [0, 0.1) is 23.2 Å². The molecule has 0 aromatic heterocycles. The second kappa shape index (κ2) is 14.4. The van der Waals surface area contributed by atoms with Crippen LogP contribution in [0.15, 0.2) is 35.3 Å². The van der Waals surface area contributed by atoms with Crippen LogP contribution in [-0.4, -0.2) is 64.0 Å². The lowest BCUT2D eigenvalue weighted by atomic mass is 9.90. The highest BCUT2D eigenvalue weighted by Gasteiger charge is 2.30. The van der Waals surface area contributed by atoms with Crippen LogP contribution in [0.4, 0.5) is 17.1 Å². The molecule has 0 saturated carbocycles. The summed E-state index contributed by atoms with van der Waals surface area (Å²) in [6.07, 6.45) is 5.09. The topological polar surface area (TPSA) is 111 Å². The highest BCUT2D eigenvalue weighted by Crippen LogP contribution is 2.43. The summed E-state index contributed by atoms with van der Waals surface area (Å²) >= 11 is 6.60. The Bertz CT molecular complexity index is 1240. The molecule has 40 heavy (non-hydrogen) atoms. The van der Waals surface area contributed by atoms with Gasteiger partial charge in [-0.15, -0.1) is 0 Å². The lowest BCUT2D eigenvalue weighted by Gasteiger charge is -2.28. The van der Waals surface area contributed by atoms with Gasteiger partial charge < -0.3 is 30.3 Å². The number of rotatable bonds is 12. The van der Waals surface area contributed by atoms with E-state index in [1.165, 1.54) is 0 Å². The fraction of sp³-hybridized carbons (Fsp3) is 0.500. The molecule has 4 rings (SSSR count). The molecule has 3 N–H and O–H groups in total. The summed E-state index contributed by atoms with van der Waals surface area (Å²) in [5.41, 5.74) is 2.80. The number of ether oxygens (including phenoxy) is 2. The van der Waals surface area contributed by atoms with Gasteiger partial charge in [0.25, 0.3) is 0 Å².